The van der Waals surface area contributed by atoms with E-state index in [1.165, 1.54) is 6.92 Å². The summed E-state index contributed by atoms with van der Waals surface area (Å²) < 4.78 is 40.9. The first-order chi connectivity index (χ1) is 7.08. The molecule has 4 atom stereocenters. The summed E-state index contributed by atoms with van der Waals surface area (Å²) in [4.78, 5) is 10.9. The van der Waals surface area contributed by atoms with Crippen LogP contribution in [0.25, 0.3) is 0 Å². The number of Topliss-reactive ketones (excluding diaryl/α,β-unsaturated/α-hetero) is 1. The van der Waals surface area contributed by atoms with E-state index in [9.17, 15) is 28.2 Å². The Labute approximate surface area is 89.0 Å². The Kier molecular flexibility index (Phi) is 3.30. The topological polar surface area (TPSA) is 92.8 Å². The van der Waals surface area contributed by atoms with Gasteiger partial charge in [-0.1, -0.05) is 0 Å². The van der Waals surface area contributed by atoms with E-state index >= 15 is 0 Å². The number of ketones is 1. The molecule has 16 heavy (non-hydrogen) atoms. The number of carbonyl (C=O) groups excluding carboxylic acids is 1. The minimum absolute atomic E-state index is 0.795. The Morgan fingerprint density at radius 3 is 2.44 bits per heavy atom. The van der Waals surface area contributed by atoms with Crippen LogP contribution >= 0.6 is 0 Å². The van der Waals surface area contributed by atoms with Crippen LogP contribution in [-0.4, -0.2) is 46.2 Å². The SMILES string of the molecule is C[C@@H]1OC(O)(C(=O)C(F)(F)F)C[C@H](N)[C@@H]1O. The standard InChI is InChI=1S/C8H12F3NO4/c1-3-5(13)4(12)2-7(15,16-3)6(14)8(9,10)11/h3-5,13,15H,2,12H2,1H3/t3-,4-,5+,7?/m0/s1. The van der Waals surface area contributed by atoms with Gasteiger partial charge in [-0.15, -0.1) is 0 Å². The Morgan fingerprint density at radius 2 is 2.06 bits per heavy atom. The maximum Gasteiger partial charge on any atom is 0.455 e. The zero-order chi connectivity index (χ0) is 12.7. The van der Waals surface area contributed by atoms with E-state index in [2.05, 4.69) is 4.74 Å². The summed E-state index contributed by atoms with van der Waals surface area (Å²) in [5.41, 5.74) is 5.32. The van der Waals surface area contributed by atoms with Gasteiger partial charge in [0.05, 0.1) is 12.2 Å². The lowest BCUT2D eigenvalue weighted by atomic mass is 9.92. The molecule has 1 heterocycles. The summed E-state index contributed by atoms with van der Waals surface area (Å²) >= 11 is 0. The van der Waals surface area contributed by atoms with Crippen molar-refractivity contribution < 1.29 is 32.9 Å². The highest BCUT2D eigenvalue weighted by atomic mass is 19.4. The molecular formula is C8H12F3NO4. The molecule has 5 nitrogen and oxygen atoms in total. The summed E-state index contributed by atoms with van der Waals surface area (Å²) in [7, 11) is 0. The summed E-state index contributed by atoms with van der Waals surface area (Å²) in [5.74, 6) is -5.41. The summed E-state index contributed by atoms with van der Waals surface area (Å²) in [6.45, 7) is 1.22. The molecule has 0 aromatic carbocycles. The van der Waals surface area contributed by atoms with E-state index in [-0.39, 0.29) is 0 Å². The molecule has 0 aliphatic carbocycles. The van der Waals surface area contributed by atoms with Gasteiger partial charge in [0.2, 0.25) is 5.79 Å². The predicted octanol–water partition coefficient (Wildman–Crippen LogP) is -0.697. The second-order valence-corrected chi connectivity index (χ2v) is 3.79. The molecule has 1 rings (SSSR count). The minimum Gasteiger partial charge on any atom is -0.389 e. The van der Waals surface area contributed by atoms with Gasteiger partial charge in [-0.25, -0.2) is 0 Å². The number of ether oxygens (including phenoxy) is 1. The van der Waals surface area contributed by atoms with E-state index < -0.39 is 42.4 Å². The molecule has 94 valence electrons. The highest BCUT2D eigenvalue weighted by Gasteiger charge is 2.57. The van der Waals surface area contributed by atoms with Crippen molar-refractivity contribution in [3.8, 4) is 0 Å². The van der Waals surface area contributed by atoms with Gasteiger partial charge in [-0.05, 0) is 6.92 Å². The van der Waals surface area contributed by atoms with Crippen molar-refractivity contribution in [3.63, 3.8) is 0 Å². The summed E-state index contributed by atoms with van der Waals surface area (Å²) in [6.07, 6.45) is -8.38. The van der Waals surface area contributed by atoms with Crippen molar-refractivity contribution in [3.05, 3.63) is 0 Å². The van der Waals surface area contributed by atoms with Gasteiger partial charge < -0.3 is 20.7 Å². The summed E-state index contributed by atoms with van der Waals surface area (Å²) in [5, 5.41) is 18.8. The highest BCUT2D eigenvalue weighted by Crippen LogP contribution is 2.33. The van der Waals surface area contributed by atoms with Gasteiger partial charge >= 0.3 is 6.18 Å². The van der Waals surface area contributed by atoms with E-state index in [1.807, 2.05) is 0 Å². The largest absolute Gasteiger partial charge is 0.455 e. The van der Waals surface area contributed by atoms with Gasteiger partial charge in [-0.2, -0.15) is 13.2 Å². The van der Waals surface area contributed by atoms with Crippen LogP contribution < -0.4 is 5.73 Å². The fraction of sp³-hybridized carbons (Fsp3) is 0.875. The lowest BCUT2D eigenvalue weighted by Gasteiger charge is -2.40. The first kappa shape index (κ1) is 13.4. The zero-order valence-electron chi connectivity index (χ0n) is 8.36. The van der Waals surface area contributed by atoms with Crippen molar-refractivity contribution in [2.75, 3.05) is 0 Å². The Hall–Kier alpha value is -0.700. The molecule has 0 radical (unpaired) electrons. The number of hydrogen-bond donors (Lipinski definition) is 3. The fourth-order valence-electron chi connectivity index (χ4n) is 1.58. The Bertz CT molecular complexity index is 281. The fourth-order valence-corrected chi connectivity index (χ4v) is 1.58. The van der Waals surface area contributed by atoms with Crippen LogP contribution in [0.4, 0.5) is 13.2 Å². The molecule has 1 saturated heterocycles. The lowest BCUT2D eigenvalue weighted by molar-refractivity contribution is -0.281. The molecular weight excluding hydrogens is 231 g/mol. The monoisotopic (exact) mass is 243 g/mol. The third-order valence-corrected chi connectivity index (χ3v) is 2.43. The minimum atomic E-state index is -5.21. The normalized spacial score (nSPS) is 40.8. The van der Waals surface area contributed by atoms with Gasteiger partial charge in [-0.3, -0.25) is 4.79 Å². The van der Waals surface area contributed by atoms with Crippen molar-refractivity contribution in [2.24, 2.45) is 5.73 Å². The van der Waals surface area contributed by atoms with Crippen LogP contribution in [0, 0.1) is 0 Å². The van der Waals surface area contributed by atoms with Crippen LogP contribution in [0.15, 0.2) is 0 Å². The molecule has 4 N–H and O–H groups in total. The molecule has 0 saturated carbocycles. The Morgan fingerprint density at radius 1 is 1.56 bits per heavy atom. The van der Waals surface area contributed by atoms with Crippen molar-refractivity contribution >= 4 is 5.78 Å². The Balaban J connectivity index is 2.91. The average molecular weight is 243 g/mol. The molecule has 0 aromatic heterocycles. The lowest BCUT2D eigenvalue weighted by Crippen LogP contribution is -2.62. The third-order valence-electron chi connectivity index (χ3n) is 2.43. The first-order valence-electron chi connectivity index (χ1n) is 4.53. The van der Waals surface area contributed by atoms with Crippen LogP contribution in [0.2, 0.25) is 0 Å². The third kappa shape index (κ3) is 2.34. The number of carbonyl (C=O) groups is 1. The van der Waals surface area contributed by atoms with Crippen LogP contribution in [0.5, 0.6) is 0 Å². The zero-order valence-corrected chi connectivity index (χ0v) is 8.36. The molecule has 1 aliphatic rings. The smallest absolute Gasteiger partial charge is 0.389 e. The molecule has 1 unspecified atom stereocenters. The van der Waals surface area contributed by atoms with Crippen LogP contribution in [0.3, 0.4) is 0 Å². The molecule has 1 fully saturated rings. The van der Waals surface area contributed by atoms with E-state index in [1.54, 1.807) is 0 Å². The number of nitrogens with two attached hydrogens (primary N) is 1. The van der Waals surface area contributed by atoms with Crippen LogP contribution in [0.1, 0.15) is 13.3 Å². The predicted molar refractivity (Wildman–Crippen MR) is 45.2 cm³/mol. The molecule has 0 amide bonds. The van der Waals surface area contributed by atoms with Gasteiger partial charge in [0.25, 0.3) is 5.78 Å². The quantitative estimate of drug-likeness (QED) is 0.566. The van der Waals surface area contributed by atoms with Crippen LogP contribution in [-0.2, 0) is 9.53 Å². The van der Waals surface area contributed by atoms with E-state index in [0.717, 1.165) is 0 Å². The maximum atomic E-state index is 12.1. The molecule has 0 bridgehead atoms. The highest BCUT2D eigenvalue weighted by molar-refractivity contribution is 5.90. The second kappa shape index (κ2) is 3.95. The number of alkyl halides is 3. The van der Waals surface area contributed by atoms with Crippen molar-refractivity contribution in [1.29, 1.82) is 0 Å². The molecule has 1 aliphatic heterocycles. The number of rotatable bonds is 1. The number of aliphatic hydroxyl groups is 2. The van der Waals surface area contributed by atoms with E-state index in [0.29, 0.717) is 0 Å². The van der Waals surface area contributed by atoms with Gasteiger partial charge in [0.1, 0.15) is 0 Å². The van der Waals surface area contributed by atoms with Gasteiger partial charge in [0.15, 0.2) is 0 Å². The van der Waals surface area contributed by atoms with Crippen molar-refractivity contribution in [2.45, 2.75) is 43.6 Å². The van der Waals surface area contributed by atoms with E-state index in [4.69, 9.17) is 5.73 Å². The number of hydrogen-bond acceptors (Lipinski definition) is 5. The molecule has 0 spiro atoms. The second-order valence-electron chi connectivity index (χ2n) is 3.79. The molecule has 8 heteroatoms. The average Bonchev–Trinajstić information content (AvgIpc) is 2.11. The summed E-state index contributed by atoms with van der Waals surface area (Å²) in [6, 6.07) is -1.15. The number of aliphatic hydroxyl groups excluding tert-OH is 1. The maximum absolute atomic E-state index is 12.1. The number of halogens is 3. The van der Waals surface area contributed by atoms with Crippen molar-refractivity contribution in [1.82, 2.24) is 0 Å². The molecule has 0 aromatic rings. The first-order valence-corrected chi connectivity index (χ1v) is 4.53. The van der Waals surface area contributed by atoms with Gasteiger partial charge in [0, 0.05) is 12.5 Å².